The number of nitrogens with zero attached hydrogens (tertiary/aromatic N) is 2. The van der Waals surface area contributed by atoms with E-state index in [4.69, 9.17) is 0 Å². The van der Waals surface area contributed by atoms with Crippen LogP contribution in [-0.2, 0) is 9.59 Å². The molecule has 1 aromatic rings. The fourth-order valence-corrected chi connectivity index (χ4v) is 3.56. The molecule has 0 aliphatic carbocycles. The van der Waals surface area contributed by atoms with Gasteiger partial charge in [-0.25, -0.2) is 0 Å². The van der Waals surface area contributed by atoms with Gasteiger partial charge in [0.1, 0.15) is 6.04 Å². The number of amides is 2. The number of hydrogen-bond acceptors (Lipinski definition) is 3. The van der Waals surface area contributed by atoms with Crippen LogP contribution in [0.3, 0.4) is 0 Å². The van der Waals surface area contributed by atoms with Gasteiger partial charge in [-0.15, -0.1) is 0 Å². The van der Waals surface area contributed by atoms with Gasteiger partial charge in [0, 0.05) is 0 Å². The summed E-state index contributed by atoms with van der Waals surface area (Å²) >= 11 is 0. The van der Waals surface area contributed by atoms with Crippen LogP contribution in [0.2, 0.25) is 0 Å². The molecule has 142 valence electrons. The topological polar surface area (TPSA) is 52.7 Å². The molecule has 3 rings (SSSR count). The van der Waals surface area contributed by atoms with Crippen LogP contribution in [0.5, 0.6) is 0 Å². The highest BCUT2D eigenvalue weighted by molar-refractivity contribution is 6.05. The smallest absolute Gasteiger partial charge is 0.324 e. The van der Waals surface area contributed by atoms with E-state index >= 15 is 0 Å². The van der Waals surface area contributed by atoms with Gasteiger partial charge in [-0.3, -0.25) is 19.4 Å². The fourth-order valence-electron chi connectivity index (χ4n) is 3.56. The van der Waals surface area contributed by atoms with E-state index < -0.39 is 30.5 Å². The van der Waals surface area contributed by atoms with Crippen molar-refractivity contribution in [3.8, 4) is 0 Å². The molecule has 0 spiro atoms. The molecule has 1 N–H and O–H groups in total. The Hall–Kier alpha value is -2.09. The highest BCUT2D eigenvalue weighted by atomic mass is 19.4. The predicted molar refractivity (Wildman–Crippen MR) is 91.9 cm³/mol. The van der Waals surface area contributed by atoms with Crippen LogP contribution in [0.4, 0.5) is 24.5 Å². The molecular weight excluding hydrogens is 347 g/mol. The van der Waals surface area contributed by atoms with E-state index in [9.17, 15) is 22.8 Å². The molecule has 26 heavy (non-hydrogen) atoms. The molecule has 1 saturated heterocycles. The first-order valence-electron chi connectivity index (χ1n) is 8.86. The van der Waals surface area contributed by atoms with Gasteiger partial charge >= 0.3 is 6.18 Å². The zero-order valence-electron chi connectivity index (χ0n) is 14.4. The number of carbonyl (C=O) groups excluding carboxylic acids is 2. The molecule has 1 atom stereocenters. The number of carbonyl (C=O) groups is 2. The van der Waals surface area contributed by atoms with Gasteiger partial charge in [0.15, 0.2) is 0 Å². The number of likely N-dealkylation sites (tertiary alicyclic amines) is 1. The third-order valence-corrected chi connectivity index (χ3v) is 4.83. The van der Waals surface area contributed by atoms with Crippen LogP contribution in [-0.4, -0.2) is 48.6 Å². The van der Waals surface area contributed by atoms with Crippen LogP contribution in [0.1, 0.15) is 32.1 Å². The van der Waals surface area contributed by atoms with Gasteiger partial charge in [-0.2, -0.15) is 13.2 Å². The van der Waals surface area contributed by atoms with Crippen molar-refractivity contribution in [3.05, 3.63) is 24.3 Å². The summed E-state index contributed by atoms with van der Waals surface area (Å²) in [6.07, 6.45) is -1.48. The average molecular weight is 369 g/mol. The number of alkyl halides is 3. The molecular formula is C18H22F3N3O2. The summed E-state index contributed by atoms with van der Waals surface area (Å²) in [4.78, 5) is 27.5. The summed E-state index contributed by atoms with van der Waals surface area (Å²) in [7, 11) is 0. The predicted octanol–water partition coefficient (Wildman–Crippen LogP) is 3.17. The molecule has 1 fully saturated rings. The maximum atomic E-state index is 13.7. The lowest BCUT2D eigenvalue weighted by molar-refractivity contribution is -0.158. The van der Waals surface area contributed by atoms with Crippen molar-refractivity contribution >= 4 is 23.2 Å². The van der Waals surface area contributed by atoms with Crippen molar-refractivity contribution in [2.45, 2.75) is 44.3 Å². The number of para-hydroxylation sites is 2. The maximum absolute atomic E-state index is 13.7. The second-order valence-corrected chi connectivity index (χ2v) is 6.78. The van der Waals surface area contributed by atoms with Gasteiger partial charge in [0.05, 0.1) is 24.3 Å². The van der Waals surface area contributed by atoms with Gasteiger partial charge in [0.2, 0.25) is 11.8 Å². The van der Waals surface area contributed by atoms with Crippen molar-refractivity contribution in [1.82, 2.24) is 4.90 Å². The van der Waals surface area contributed by atoms with Gasteiger partial charge in [-0.1, -0.05) is 25.0 Å². The molecule has 0 bridgehead atoms. The molecule has 5 nitrogen and oxygen atoms in total. The number of halogens is 3. The minimum Gasteiger partial charge on any atom is -0.324 e. The van der Waals surface area contributed by atoms with Crippen molar-refractivity contribution in [2.75, 3.05) is 29.9 Å². The molecule has 8 heteroatoms. The van der Waals surface area contributed by atoms with Gasteiger partial charge in [0.25, 0.3) is 0 Å². The Morgan fingerprint density at radius 3 is 2.42 bits per heavy atom. The highest BCUT2D eigenvalue weighted by Crippen LogP contribution is 2.37. The number of fused-ring (bicyclic) bond motifs is 1. The van der Waals surface area contributed by atoms with Crippen LogP contribution in [0.15, 0.2) is 24.3 Å². The minimum absolute atomic E-state index is 0.0743. The second kappa shape index (κ2) is 7.65. The minimum atomic E-state index is -4.69. The Balaban J connectivity index is 1.93. The van der Waals surface area contributed by atoms with E-state index in [1.165, 1.54) is 12.1 Å². The van der Waals surface area contributed by atoms with E-state index in [0.717, 1.165) is 30.6 Å². The zero-order chi connectivity index (χ0) is 18.7. The van der Waals surface area contributed by atoms with Crippen LogP contribution >= 0.6 is 0 Å². The monoisotopic (exact) mass is 369 g/mol. The van der Waals surface area contributed by atoms with Crippen LogP contribution < -0.4 is 10.2 Å². The number of rotatable bonds is 2. The first-order valence-corrected chi connectivity index (χ1v) is 8.86. The summed E-state index contributed by atoms with van der Waals surface area (Å²) in [5.41, 5.74) is 0.328. The normalized spacial score (nSPS) is 22.2. The Kier molecular flexibility index (Phi) is 5.50. The lowest BCUT2D eigenvalue weighted by Crippen LogP contribution is -2.52. The van der Waals surface area contributed by atoms with Gasteiger partial charge in [-0.05, 0) is 38.1 Å². The molecule has 0 radical (unpaired) electrons. The third-order valence-electron chi connectivity index (χ3n) is 4.83. The van der Waals surface area contributed by atoms with Crippen LogP contribution in [0.25, 0.3) is 0 Å². The van der Waals surface area contributed by atoms with E-state index in [-0.39, 0.29) is 17.9 Å². The van der Waals surface area contributed by atoms with Crippen LogP contribution in [0, 0.1) is 0 Å². The molecule has 0 saturated carbocycles. The Morgan fingerprint density at radius 2 is 1.77 bits per heavy atom. The number of benzene rings is 1. The highest BCUT2D eigenvalue weighted by Gasteiger charge is 2.49. The quantitative estimate of drug-likeness (QED) is 0.871. The molecule has 1 aromatic carbocycles. The Morgan fingerprint density at radius 1 is 1.12 bits per heavy atom. The van der Waals surface area contributed by atoms with Crippen molar-refractivity contribution in [3.63, 3.8) is 0 Å². The molecule has 2 heterocycles. The lowest BCUT2D eigenvalue weighted by Gasteiger charge is -2.33. The zero-order valence-corrected chi connectivity index (χ0v) is 14.4. The van der Waals surface area contributed by atoms with Crippen molar-refractivity contribution < 1.29 is 22.8 Å². The molecule has 1 unspecified atom stereocenters. The number of hydrogen-bond donors (Lipinski definition) is 1. The second-order valence-electron chi connectivity index (χ2n) is 6.78. The standard InChI is InChI=1S/C18H22F3N3O2/c19-18(20,21)15-11-16(25)22-13-7-3-4-8-14(13)24(15)17(26)12-23-9-5-1-2-6-10-23/h3-4,7-8,15H,1-2,5-6,9-12H2,(H,22,25). The summed E-state index contributed by atoms with van der Waals surface area (Å²) < 4.78 is 41.0. The van der Waals surface area contributed by atoms with E-state index in [2.05, 4.69) is 5.32 Å². The van der Waals surface area contributed by atoms with Crippen molar-refractivity contribution in [2.24, 2.45) is 0 Å². The molecule has 2 aliphatic heterocycles. The fraction of sp³-hybridized carbons (Fsp3) is 0.556. The third kappa shape index (κ3) is 4.17. The maximum Gasteiger partial charge on any atom is 0.409 e. The van der Waals surface area contributed by atoms with E-state index in [0.29, 0.717) is 13.1 Å². The molecule has 0 aromatic heterocycles. The summed E-state index contributed by atoms with van der Waals surface area (Å²) in [6, 6.07) is 3.98. The Labute approximate surface area is 150 Å². The van der Waals surface area contributed by atoms with Gasteiger partial charge < -0.3 is 5.32 Å². The van der Waals surface area contributed by atoms with Crippen molar-refractivity contribution in [1.29, 1.82) is 0 Å². The SMILES string of the molecule is O=C1CC(C(F)(F)F)N(C(=O)CN2CCCCCC2)c2ccccc2N1. The first-order chi connectivity index (χ1) is 12.4. The average Bonchev–Trinajstić information content (AvgIpc) is 2.90. The summed E-state index contributed by atoms with van der Waals surface area (Å²) in [5, 5.41) is 2.48. The first kappa shape index (κ1) is 18.7. The lowest BCUT2D eigenvalue weighted by atomic mass is 10.1. The summed E-state index contributed by atoms with van der Waals surface area (Å²) in [6.45, 7) is 1.33. The Bertz CT molecular complexity index is 670. The molecule has 2 aliphatic rings. The van der Waals surface area contributed by atoms with E-state index in [1.807, 2.05) is 4.90 Å². The van der Waals surface area contributed by atoms with E-state index in [1.54, 1.807) is 12.1 Å². The number of anilines is 2. The number of nitrogens with one attached hydrogen (secondary N) is 1. The summed E-state index contributed by atoms with van der Waals surface area (Å²) in [5.74, 6) is -1.37. The molecule has 2 amide bonds. The largest absolute Gasteiger partial charge is 0.409 e.